The molecule has 0 saturated heterocycles. The van der Waals surface area contributed by atoms with Gasteiger partial charge in [-0.1, -0.05) is 11.3 Å². The number of thiazole rings is 1. The van der Waals surface area contributed by atoms with Crippen LogP contribution in [0.1, 0.15) is 36.0 Å². The monoisotopic (exact) mass is 306 g/mol. The summed E-state index contributed by atoms with van der Waals surface area (Å²) < 4.78 is 11.5. The molecule has 0 bridgehead atoms. The zero-order chi connectivity index (χ0) is 15.0. The van der Waals surface area contributed by atoms with Crippen LogP contribution >= 0.6 is 11.3 Å². The van der Waals surface area contributed by atoms with E-state index < -0.39 is 6.10 Å². The molecule has 6 heteroatoms. The van der Waals surface area contributed by atoms with Gasteiger partial charge in [-0.25, -0.2) is 4.98 Å². The van der Waals surface area contributed by atoms with Crippen LogP contribution in [0.5, 0.6) is 11.5 Å². The second kappa shape index (κ2) is 5.54. The lowest BCUT2D eigenvalue weighted by Gasteiger charge is -2.16. The van der Waals surface area contributed by atoms with Crippen LogP contribution in [0, 0.1) is 0 Å². The second-order valence-electron chi connectivity index (χ2n) is 5.07. The molecule has 0 amide bonds. The highest BCUT2D eigenvalue weighted by molar-refractivity contribution is 7.15. The number of nitrogens with two attached hydrogens (primary N) is 1. The van der Waals surface area contributed by atoms with Gasteiger partial charge in [0.05, 0.1) is 11.5 Å². The Labute approximate surface area is 127 Å². The van der Waals surface area contributed by atoms with Gasteiger partial charge in [0.2, 0.25) is 0 Å². The predicted octanol–water partition coefficient (Wildman–Crippen LogP) is 2.53. The Morgan fingerprint density at radius 2 is 2.38 bits per heavy atom. The van der Waals surface area contributed by atoms with E-state index in [-0.39, 0.29) is 6.10 Å². The number of nitrogen functional groups attached to an aromatic ring is 1. The minimum absolute atomic E-state index is 0.154. The van der Waals surface area contributed by atoms with Crippen molar-refractivity contribution in [1.29, 1.82) is 0 Å². The zero-order valence-corrected chi connectivity index (χ0v) is 12.8. The average Bonchev–Trinajstić information content (AvgIpc) is 3.02. The van der Waals surface area contributed by atoms with E-state index in [0.29, 0.717) is 27.9 Å². The maximum Gasteiger partial charge on any atom is 0.180 e. The third-order valence-electron chi connectivity index (χ3n) is 3.43. The third kappa shape index (κ3) is 2.69. The highest BCUT2D eigenvalue weighted by atomic mass is 32.1. The highest BCUT2D eigenvalue weighted by Crippen LogP contribution is 2.40. The van der Waals surface area contributed by atoms with Crippen LogP contribution < -0.4 is 15.2 Å². The molecule has 112 valence electrons. The molecule has 2 heterocycles. The van der Waals surface area contributed by atoms with E-state index in [1.165, 1.54) is 11.3 Å². The smallest absolute Gasteiger partial charge is 0.180 e. The number of benzene rings is 1. The molecule has 5 nitrogen and oxygen atoms in total. The summed E-state index contributed by atoms with van der Waals surface area (Å²) in [7, 11) is 0. The van der Waals surface area contributed by atoms with Crippen molar-refractivity contribution < 1.29 is 14.6 Å². The standard InChI is InChI=1S/C15H18N2O3S/c1-3-19-12-5-9-4-8(2)20-11(9)6-10(12)14(18)13-7-17-15(16)21-13/h5-8,14,18H,3-4H2,1-2H3,(H2,16,17). The van der Waals surface area contributed by atoms with E-state index in [9.17, 15) is 5.11 Å². The molecule has 0 radical (unpaired) electrons. The van der Waals surface area contributed by atoms with Gasteiger partial charge >= 0.3 is 0 Å². The summed E-state index contributed by atoms with van der Waals surface area (Å²) in [4.78, 5) is 4.68. The lowest BCUT2D eigenvalue weighted by Crippen LogP contribution is -2.05. The molecule has 2 atom stereocenters. The van der Waals surface area contributed by atoms with Crippen molar-refractivity contribution >= 4 is 16.5 Å². The number of anilines is 1. The number of hydrogen-bond acceptors (Lipinski definition) is 6. The molecule has 3 rings (SSSR count). The first-order valence-corrected chi connectivity index (χ1v) is 7.75. The van der Waals surface area contributed by atoms with Crippen LogP contribution in [-0.4, -0.2) is 22.8 Å². The quantitative estimate of drug-likeness (QED) is 0.907. The lowest BCUT2D eigenvalue weighted by atomic mass is 10.0. The summed E-state index contributed by atoms with van der Waals surface area (Å²) in [5.74, 6) is 1.51. The first-order valence-electron chi connectivity index (χ1n) is 6.94. The van der Waals surface area contributed by atoms with Crippen LogP contribution in [0.3, 0.4) is 0 Å². The van der Waals surface area contributed by atoms with Gasteiger partial charge in [0, 0.05) is 23.7 Å². The summed E-state index contributed by atoms with van der Waals surface area (Å²) in [6, 6.07) is 3.83. The van der Waals surface area contributed by atoms with Crippen molar-refractivity contribution in [3.63, 3.8) is 0 Å². The minimum atomic E-state index is -0.814. The second-order valence-corrected chi connectivity index (χ2v) is 6.16. The van der Waals surface area contributed by atoms with Gasteiger partial charge in [0.25, 0.3) is 0 Å². The number of ether oxygens (including phenoxy) is 2. The van der Waals surface area contributed by atoms with E-state index in [1.54, 1.807) is 6.20 Å². The average molecular weight is 306 g/mol. The normalized spacial score (nSPS) is 18.1. The molecule has 21 heavy (non-hydrogen) atoms. The van der Waals surface area contributed by atoms with Crippen molar-refractivity contribution in [2.24, 2.45) is 0 Å². The first-order chi connectivity index (χ1) is 10.1. The van der Waals surface area contributed by atoms with Crippen molar-refractivity contribution in [2.45, 2.75) is 32.5 Å². The van der Waals surface area contributed by atoms with Crippen LogP contribution in [-0.2, 0) is 6.42 Å². The van der Waals surface area contributed by atoms with Crippen molar-refractivity contribution in [1.82, 2.24) is 4.98 Å². The van der Waals surface area contributed by atoms with Gasteiger partial charge in [0.1, 0.15) is 23.7 Å². The van der Waals surface area contributed by atoms with Gasteiger partial charge < -0.3 is 20.3 Å². The van der Waals surface area contributed by atoms with E-state index in [0.717, 1.165) is 17.7 Å². The van der Waals surface area contributed by atoms with Crippen LogP contribution in [0.4, 0.5) is 5.13 Å². The SMILES string of the molecule is CCOc1cc2c(cc1C(O)c1cnc(N)s1)OC(C)C2. The Morgan fingerprint density at radius 1 is 1.57 bits per heavy atom. The fourth-order valence-corrected chi connectivity index (χ4v) is 3.22. The van der Waals surface area contributed by atoms with Gasteiger partial charge in [-0.15, -0.1) is 0 Å². The number of nitrogens with zero attached hydrogens (tertiary/aromatic N) is 1. The summed E-state index contributed by atoms with van der Waals surface area (Å²) in [5.41, 5.74) is 7.44. The maximum absolute atomic E-state index is 10.6. The van der Waals surface area contributed by atoms with Crippen LogP contribution in [0.2, 0.25) is 0 Å². The number of rotatable bonds is 4. The molecule has 1 aromatic heterocycles. The van der Waals surface area contributed by atoms with E-state index >= 15 is 0 Å². The van der Waals surface area contributed by atoms with Crippen molar-refractivity contribution in [3.05, 3.63) is 34.3 Å². The predicted molar refractivity (Wildman–Crippen MR) is 82.0 cm³/mol. The molecular weight excluding hydrogens is 288 g/mol. The fraction of sp³-hybridized carbons (Fsp3) is 0.400. The Balaban J connectivity index is 2.02. The van der Waals surface area contributed by atoms with Crippen molar-refractivity contribution in [2.75, 3.05) is 12.3 Å². The minimum Gasteiger partial charge on any atom is -0.493 e. The van der Waals surface area contributed by atoms with Gasteiger partial charge in [-0.05, 0) is 26.0 Å². The fourth-order valence-electron chi connectivity index (χ4n) is 2.53. The Hall–Kier alpha value is -1.79. The van der Waals surface area contributed by atoms with Crippen LogP contribution in [0.15, 0.2) is 18.3 Å². The molecular formula is C15H18N2O3S. The summed E-state index contributed by atoms with van der Waals surface area (Å²) in [6.07, 6.45) is 1.79. The number of fused-ring (bicyclic) bond motifs is 1. The Bertz CT molecular complexity index is 656. The Morgan fingerprint density at radius 3 is 3.05 bits per heavy atom. The number of aliphatic hydroxyl groups excluding tert-OH is 1. The number of aromatic nitrogens is 1. The molecule has 1 aromatic carbocycles. The molecule has 1 aliphatic heterocycles. The molecule has 0 aliphatic carbocycles. The number of aliphatic hydroxyl groups is 1. The third-order valence-corrected chi connectivity index (χ3v) is 4.31. The van der Waals surface area contributed by atoms with Crippen LogP contribution in [0.25, 0.3) is 0 Å². The van der Waals surface area contributed by atoms with Crippen molar-refractivity contribution in [3.8, 4) is 11.5 Å². The zero-order valence-electron chi connectivity index (χ0n) is 12.0. The molecule has 1 aliphatic rings. The highest BCUT2D eigenvalue weighted by Gasteiger charge is 2.25. The first kappa shape index (κ1) is 14.2. The topological polar surface area (TPSA) is 77.6 Å². The van der Waals surface area contributed by atoms with E-state index in [2.05, 4.69) is 4.98 Å². The van der Waals surface area contributed by atoms with E-state index in [1.807, 2.05) is 26.0 Å². The molecule has 0 fully saturated rings. The molecule has 2 aromatic rings. The molecule has 2 unspecified atom stereocenters. The summed E-state index contributed by atoms with van der Waals surface area (Å²) >= 11 is 1.27. The Kier molecular flexibility index (Phi) is 3.73. The van der Waals surface area contributed by atoms with Gasteiger partial charge in [-0.2, -0.15) is 0 Å². The van der Waals surface area contributed by atoms with Gasteiger partial charge in [0.15, 0.2) is 5.13 Å². The summed E-state index contributed by atoms with van der Waals surface area (Å²) in [6.45, 7) is 4.49. The largest absolute Gasteiger partial charge is 0.493 e. The van der Waals surface area contributed by atoms with Gasteiger partial charge in [-0.3, -0.25) is 0 Å². The maximum atomic E-state index is 10.6. The number of hydrogen-bond donors (Lipinski definition) is 2. The van der Waals surface area contributed by atoms with E-state index in [4.69, 9.17) is 15.2 Å². The summed E-state index contributed by atoms with van der Waals surface area (Å²) in [5, 5.41) is 11.0. The molecule has 0 saturated carbocycles. The lowest BCUT2D eigenvalue weighted by molar-refractivity contribution is 0.213. The molecule has 3 N–H and O–H groups in total. The molecule has 0 spiro atoms.